The van der Waals surface area contributed by atoms with Crippen LogP contribution in [-0.4, -0.2) is 65.8 Å². The molecule has 9 nitrogen and oxygen atoms in total. The summed E-state index contributed by atoms with van der Waals surface area (Å²) in [6.45, 7) is 12.4. The van der Waals surface area contributed by atoms with Gasteiger partial charge in [0.1, 0.15) is 23.8 Å². The van der Waals surface area contributed by atoms with Crippen LogP contribution in [0.25, 0.3) is 22.2 Å². The number of likely N-dealkylation sites (tertiary alicyclic amines) is 1. The lowest BCUT2D eigenvalue weighted by atomic mass is 10.0. The lowest BCUT2D eigenvalue weighted by Crippen LogP contribution is -2.51. The smallest absolute Gasteiger partial charge is 0.407 e. The van der Waals surface area contributed by atoms with Crippen molar-refractivity contribution in [3.05, 3.63) is 47.5 Å². The van der Waals surface area contributed by atoms with E-state index in [2.05, 4.69) is 29.9 Å². The minimum Gasteiger partial charge on any atom is -0.453 e. The van der Waals surface area contributed by atoms with Gasteiger partial charge in [-0.25, -0.2) is 14.8 Å². The van der Waals surface area contributed by atoms with Crippen LogP contribution in [0.5, 0.6) is 0 Å². The second-order valence-corrected chi connectivity index (χ2v) is 17.9. The zero-order valence-corrected chi connectivity index (χ0v) is 26.0. The van der Waals surface area contributed by atoms with E-state index >= 15 is 0 Å². The average molecular weight is 586 g/mol. The Bertz CT molecular complexity index is 1360. The van der Waals surface area contributed by atoms with Crippen molar-refractivity contribution in [1.29, 1.82) is 0 Å². The molecule has 1 fully saturated rings. The van der Waals surface area contributed by atoms with Crippen molar-refractivity contribution in [2.45, 2.75) is 71.2 Å². The van der Waals surface area contributed by atoms with Crippen molar-refractivity contribution >= 4 is 42.6 Å². The fourth-order valence-corrected chi connectivity index (χ4v) is 5.83. The van der Waals surface area contributed by atoms with E-state index in [9.17, 15) is 9.59 Å². The van der Waals surface area contributed by atoms with Gasteiger partial charge in [-0.05, 0) is 49.1 Å². The molecule has 2 atom stereocenters. The van der Waals surface area contributed by atoms with E-state index in [1.807, 2.05) is 53.8 Å². The van der Waals surface area contributed by atoms with Gasteiger partial charge < -0.3 is 24.3 Å². The van der Waals surface area contributed by atoms with E-state index in [-0.39, 0.29) is 17.9 Å². The molecule has 1 N–H and O–H groups in total. The highest BCUT2D eigenvalue weighted by molar-refractivity contribution is 6.76. The first-order chi connectivity index (χ1) is 19.0. The van der Waals surface area contributed by atoms with Crippen LogP contribution < -0.4 is 5.32 Å². The number of hydrogen-bond acceptors (Lipinski definition) is 6. The van der Waals surface area contributed by atoms with Crippen LogP contribution in [0.15, 0.2) is 36.5 Å². The molecule has 0 bridgehead atoms. The third kappa shape index (κ3) is 7.21. The van der Waals surface area contributed by atoms with E-state index in [0.717, 1.165) is 46.9 Å². The van der Waals surface area contributed by atoms with Crippen molar-refractivity contribution in [2.24, 2.45) is 5.92 Å². The summed E-state index contributed by atoms with van der Waals surface area (Å²) in [4.78, 5) is 37.0. The zero-order valence-electron chi connectivity index (χ0n) is 24.2. The number of rotatable bonds is 10. The summed E-state index contributed by atoms with van der Waals surface area (Å²) in [5, 5.41) is 4.14. The molecule has 1 aromatic carbocycles. The van der Waals surface area contributed by atoms with Gasteiger partial charge in [0.2, 0.25) is 5.91 Å². The van der Waals surface area contributed by atoms with Crippen molar-refractivity contribution < 1.29 is 19.1 Å². The minimum atomic E-state index is -1.24. The van der Waals surface area contributed by atoms with E-state index in [0.29, 0.717) is 25.0 Å². The van der Waals surface area contributed by atoms with Gasteiger partial charge in [-0.2, -0.15) is 0 Å². The van der Waals surface area contributed by atoms with Gasteiger partial charge in [-0.3, -0.25) is 4.79 Å². The molecule has 1 aliphatic rings. The minimum absolute atomic E-state index is 0.104. The van der Waals surface area contributed by atoms with Crippen molar-refractivity contribution in [2.75, 3.05) is 20.3 Å². The number of aromatic nitrogens is 3. The summed E-state index contributed by atoms with van der Waals surface area (Å²) in [5.74, 6) is 0.545. The maximum absolute atomic E-state index is 13.7. The van der Waals surface area contributed by atoms with Crippen LogP contribution in [0.3, 0.4) is 0 Å². The number of halogens is 1. The molecule has 4 rings (SSSR count). The molecule has 0 spiro atoms. The molecule has 11 heteroatoms. The summed E-state index contributed by atoms with van der Waals surface area (Å²) in [6.07, 6.45) is 3.01. The van der Waals surface area contributed by atoms with Crippen molar-refractivity contribution in [3.8, 4) is 11.3 Å². The largest absolute Gasteiger partial charge is 0.453 e. The second-order valence-electron chi connectivity index (χ2n) is 11.9. The molecule has 3 aromatic rings. The lowest BCUT2D eigenvalue weighted by molar-refractivity contribution is -0.135. The fraction of sp³-hybridized carbons (Fsp3) is 0.517. The van der Waals surface area contributed by atoms with E-state index < -0.39 is 20.2 Å². The molecule has 2 amide bonds. The number of nitrogens with zero attached hydrogens (tertiary/aromatic N) is 4. The first-order valence-electron chi connectivity index (χ1n) is 13.8. The Kier molecular flexibility index (Phi) is 9.53. The lowest BCUT2D eigenvalue weighted by Gasteiger charge is -2.30. The number of hydrogen-bond donors (Lipinski definition) is 1. The van der Waals surface area contributed by atoms with Crippen LogP contribution in [0.4, 0.5) is 4.79 Å². The Morgan fingerprint density at radius 3 is 2.65 bits per heavy atom. The molecule has 1 aliphatic heterocycles. The molecule has 216 valence electrons. The molecule has 0 saturated carbocycles. The number of imidazole rings is 1. The summed E-state index contributed by atoms with van der Waals surface area (Å²) in [7, 11) is 0.0582. The summed E-state index contributed by atoms with van der Waals surface area (Å²) in [6, 6.07) is 9.84. The van der Waals surface area contributed by atoms with Crippen LogP contribution in [0.1, 0.15) is 38.6 Å². The van der Waals surface area contributed by atoms with Gasteiger partial charge in [0.25, 0.3) is 0 Å². The second kappa shape index (κ2) is 12.7. The highest BCUT2D eigenvalue weighted by Crippen LogP contribution is 2.35. The Balaban J connectivity index is 1.66. The van der Waals surface area contributed by atoms with Crippen LogP contribution in [-0.2, 0) is 21.0 Å². The summed E-state index contributed by atoms with van der Waals surface area (Å²) < 4.78 is 12.9. The predicted molar refractivity (Wildman–Crippen MR) is 160 cm³/mol. The number of alkyl carbamates (subject to hydrolysis) is 1. The van der Waals surface area contributed by atoms with Gasteiger partial charge in [0, 0.05) is 38.4 Å². The summed E-state index contributed by atoms with van der Waals surface area (Å²) >= 11 is 6.08. The molecule has 0 unspecified atom stereocenters. The molecule has 0 radical (unpaired) electrons. The first-order valence-corrected chi connectivity index (χ1v) is 17.9. The Morgan fingerprint density at radius 2 is 1.95 bits per heavy atom. The van der Waals surface area contributed by atoms with E-state index in [1.165, 1.54) is 7.11 Å². The Hall–Kier alpha value is -2.95. The number of ether oxygens (including phenoxy) is 2. The van der Waals surface area contributed by atoms with E-state index in [4.69, 9.17) is 26.1 Å². The molecule has 1 saturated heterocycles. The zero-order chi connectivity index (χ0) is 29.0. The molecule has 2 aromatic heterocycles. The van der Waals surface area contributed by atoms with Crippen LogP contribution in [0, 0.1) is 5.92 Å². The Labute approximate surface area is 242 Å². The van der Waals surface area contributed by atoms with Gasteiger partial charge in [0.15, 0.2) is 0 Å². The van der Waals surface area contributed by atoms with Crippen LogP contribution in [0.2, 0.25) is 30.8 Å². The average Bonchev–Trinajstić information content (AvgIpc) is 3.55. The Morgan fingerprint density at radius 1 is 1.18 bits per heavy atom. The number of carbonyl (C=O) groups excluding carboxylic acids is 2. The summed E-state index contributed by atoms with van der Waals surface area (Å²) in [5.41, 5.74) is 2.56. The number of fused-ring (bicyclic) bond motifs is 1. The monoisotopic (exact) mass is 585 g/mol. The van der Waals surface area contributed by atoms with Gasteiger partial charge in [-0.15, -0.1) is 0 Å². The number of methoxy groups -OCH3 is 1. The number of carbonyl (C=O) groups is 2. The van der Waals surface area contributed by atoms with E-state index in [1.54, 1.807) is 6.07 Å². The SMILES string of the molecule is COC(=O)N[C@H](C(=O)N1CCC[C@H]1c1nc(-c2ccc3nc(Cl)ccc3c2)cn1COCC[Si](C)(C)C)C(C)C. The quantitative estimate of drug-likeness (QED) is 0.175. The van der Waals surface area contributed by atoms with Gasteiger partial charge >= 0.3 is 6.09 Å². The van der Waals surface area contributed by atoms with Gasteiger partial charge in [0.05, 0.1) is 24.4 Å². The number of pyridine rings is 1. The first kappa shape index (κ1) is 30.0. The predicted octanol–water partition coefficient (Wildman–Crippen LogP) is 6.11. The molecular formula is C29H40ClN5O4Si. The molecule has 0 aliphatic carbocycles. The third-order valence-corrected chi connectivity index (χ3v) is 9.13. The highest BCUT2D eigenvalue weighted by Gasteiger charge is 2.38. The fourth-order valence-electron chi connectivity index (χ4n) is 4.92. The molecule has 3 heterocycles. The number of benzene rings is 1. The van der Waals surface area contributed by atoms with Crippen LogP contribution >= 0.6 is 11.6 Å². The van der Waals surface area contributed by atoms with Crippen molar-refractivity contribution in [3.63, 3.8) is 0 Å². The number of nitrogens with one attached hydrogen (secondary N) is 1. The number of amides is 2. The molecule has 40 heavy (non-hydrogen) atoms. The molecular weight excluding hydrogens is 546 g/mol. The third-order valence-electron chi connectivity index (χ3n) is 7.21. The maximum atomic E-state index is 13.7. The maximum Gasteiger partial charge on any atom is 0.407 e. The topological polar surface area (TPSA) is 98.6 Å². The van der Waals surface area contributed by atoms with Gasteiger partial charge in [-0.1, -0.05) is 51.2 Å². The standard InChI is InChI=1S/C29H40ClN5O4Si/c1-19(2)26(33-29(37)38-3)28(36)35-13-7-8-24(35)27-32-23(17-34(27)18-39-14-15-40(4,5)6)21-9-11-22-20(16-21)10-12-25(30)31-22/h9-12,16-17,19,24,26H,7-8,13-15,18H2,1-6H3,(H,33,37)/t24-,26-/m0/s1. The normalized spacial score (nSPS) is 16.5. The van der Waals surface area contributed by atoms with Crippen molar-refractivity contribution in [1.82, 2.24) is 24.8 Å². The highest BCUT2D eigenvalue weighted by atomic mass is 35.5.